The van der Waals surface area contributed by atoms with Gasteiger partial charge in [-0.25, -0.2) is 14.4 Å². The minimum Gasteiger partial charge on any atom is -0.281 e. The van der Waals surface area contributed by atoms with Crippen LogP contribution in [-0.2, 0) is 6.42 Å². The summed E-state index contributed by atoms with van der Waals surface area (Å²) in [4.78, 5) is 8.96. The van der Waals surface area contributed by atoms with E-state index in [1.165, 1.54) is 12.1 Å². The second kappa shape index (κ2) is 5.62. The van der Waals surface area contributed by atoms with Crippen LogP contribution in [0.5, 0.6) is 0 Å². The first-order valence-corrected chi connectivity index (χ1v) is 7.37. The largest absolute Gasteiger partial charge is 0.281 e. The number of benzene rings is 1. The zero-order valence-corrected chi connectivity index (χ0v) is 12.8. The van der Waals surface area contributed by atoms with E-state index in [0.717, 1.165) is 16.9 Å². The molecule has 0 amide bonds. The molecule has 6 heteroatoms. The molecule has 3 aromatic rings. The van der Waals surface area contributed by atoms with Gasteiger partial charge in [0.25, 0.3) is 0 Å². The Labute approximate surface area is 131 Å². The molecular weight excluding hydrogens is 312 g/mol. The standard InChI is InChI=1S/C15H12Cl2FN3/c1-9-3-5-19-15-14(9)20-13(2-4-16)21(15)12-7-10(17)6-11(18)8-12/h3,5-8H,2,4H2,1H3. The number of pyridine rings is 1. The Bertz CT molecular complexity index is 794. The Morgan fingerprint density at radius 1 is 1.29 bits per heavy atom. The van der Waals surface area contributed by atoms with Crippen molar-refractivity contribution in [3.8, 4) is 5.69 Å². The smallest absolute Gasteiger partial charge is 0.164 e. The van der Waals surface area contributed by atoms with Gasteiger partial charge in [-0.1, -0.05) is 11.6 Å². The zero-order valence-electron chi connectivity index (χ0n) is 11.3. The van der Waals surface area contributed by atoms with Crippen LogP contribution in [0.15, 0.2) is 30.5 Å². The molecule has 1 aromatic carbocycles. The van der Waals surface area contributed by atoms with Crippen LogP contribution >= 0.6 is 23.2 Å². The summed E-state index contributed by atoms with van der Waals surface area (Å²) in [6.45, 7) is 1.96. The zero-order chi connectivity index (χ0) is 15.0. The maximum absolute atomic E-state index is 13.7. The summed E-state index contributed by atoms with van der Waals surface area (Å²) in [5, 5.41) is 0.330. The second-order valence-electron chi connectivity index (χ2n) is 4.73. The van der Waals surface area contributed by atoms with Crippen molar-refractivity contribution >= 4 is 34.4 Å². The molecule has 3 rings (SSSR count). The van der Waals surface area contributed by atoms with Gasteiger partial charge in [-0.3, -0.25) is 4.57 Å². The van der Waals surface area contributed by atoms with Gasteiger partial charge in [0.2, 0.25) is 0 Å². The lowest BCUT2D eigenvalue weighted by Gasteiger charge is -2.08. The highest BCUT2D eigenvalue weighted by molar-refractivity contribution is 6.30. The van der Waals surface area contributed by atoms with E-state index in [9.17, 15) is 4.39 Å². The van der Waals surface area contributed by atoms with Gasteiger partial charge in [0, 0.05) is 23.5 Å². The van der Waals surface area contributed by atoms with Crippen LogP contribution in [0, 0.1) is 12.7 Å². The molecule has 0 radical (unpaired) electrons. The number of hydrogen-bond acceptors (Lipinski definition) is 2. The van der Waals surface area contributed by atoms with Gasteiger partial charge in [0.05, 0.1) is 5.69 Å². The van der Waals surface area contributed by atoms with Crippen LogP contribution in [0.3, 0.4) is 0 Å². The van der Waals surface area contributed by atoms with Crippen molar-refractivity contribution in [1.82, 2.24) is 14.5 Å². The van der Waals surface area contributed by atoms with E-state index < -0.39 is 5.82 Å². The number of rotatable bonds is 3. The monoisotopic (exact) mass is 323 g/mol. The molecule has 0 aliphatic heterocycles. The molecule has 0 fully saturated rings. The van der Waals surface area contributed by atoms with Gasteiger partial charge in [0.15, 0.2) is 5.65 Å². The number of aryl methyl sites for hydroxylation is 2. The molecule has 0 unspecified atom stereocenters. The molecular formula is C15H12Cl2FN3. The fraction of sp³-hybridized carbons (Fsp3) is 0.200. The predicted molar refractivity (Wildman–Crippen MR) is 83.0 cm³/mol. The summed E-state index contributed by atoms with van der Waals surface area (Å²) < 4.78 is 15.5. The lowest BCUT2D eigenvalue weighted by atomic mass is 10.2. The van der Waals surface area contributed by atoms with E-state index in [0.29, 0.717) is 28.7 Å². The third kappa shape index (κ3) is 2.61. The summed E-state index contributed by atoms with van der Waals surface area (Å²) in [7, 11) is 0. The molecule has 0 atom stereocenters. The van der Waals surface area contributed by atoms with Gasteiger partial charge in [-0.05, 0) is 36.8 Å². The number of hydrogen-bond donors (Lipinski definition) is 0. The average Bonchev–Trinajstić information content (AvgIpc) is 2.78. The van der Waals surface area contributed by atoms with Crippen molar-refractivity contribution in [3.63, 3.8) is 0 Å². The fourth-order valence-corrected chi connectivity index (χ4v) is 2.72. The van der Waals surface area contributed by atoms with Crippen LogP contribution in [0.1, 0.15) is 11.4 Å². The van der Waals surface area contributed by atoms with Crippen molar-refractivity contribution in [2.45, 2.75) is 13.3 Å². The molecule has 3 nitrogen and oxygen atoms in total. The molecule has 0 spiro atoms. The van der Waals surface area contributed by atoms with E-state index in [2.05, 4.69) is 9.97 Å². The maximum atomic E-state index is 13.7. The SMILES string of the molecule is Cc1ccnc2c1nc(CCCl)n2-c1cc(F)cc(Cl)c1. The Morgan fingerprint density at radius 2 is 2.10 bits per heavy atom. The highest BCUT2D eigenvalue weighted by atomic mass is 35.5. The Hall–Kier alpha value is -1.65. The minimum atomic E-state index is -0.399. The van der Waals surface area contributed by atoms with Crippen molar-refractivity contribution in [2.24, 2.45) is 0 Å². The molecule has 0 aliphatic rings. The number of nitrogens with zero attached hydrogens (tertiary/aromatic N) is 3. The number of alkyl halides is 1. The topological polar surface area (TPSA) is 30.7 Å². The molecule has 0 N–H and O–H groups in total. The molecule has 0 aliphatic carbocycles. The second-order valence-corrected chi connectivity index (χ2v) is 5.54. The summed E-state index contributed by atoms with van der Waals surface area (Å²) in [6.07, 6.45) is 2.27. The van der Waals surface area contributed by atoms with Crippen LogP contribution in [-0.4, -0.2) is 20.4 Å². The van der Waals surface area contributed by atoms with Gasteiger partial charge in [-0.2, -0.15) is 0 Å². The van der Waals surface area contributed by atoms with Crippen LogP contribution in [0.25, 0.3) is 16.9 Å². The van der Waals surface area contributed by atoms with E-state index in [4.69, 9.17) is 23.2 Å². The molecule has 0 saturated carbocycles. The number of fused-ring (bicyclic) bond motifs is 1. The van der Waals surface area contributed by atoms with Crippen molar-refractivity contribution in [1.29, 1.82) is 0 Å². The van der Waals surface area contributed by atoms with Gasteiger partial charge in [0.1, 0.15) is 17.2 Å². The van der Waals surface area contributed by atoms with Crippen molar-refractivity contribution in [3.05, 3.63) is 52.7 Å². The Morgan fingerprint density at radius 3 is 2.81 bits per heavy atom. The first-order valence-electron chi connectivity index (χ1n) is 6.45. The first-order chi connectivity index (χ1) is 10.1. The molecule has 2 heterocycles. The quantitative estimate of drug-likeness (QED) is 0.673. The van der Waals surface area contributed by atoms with Gasteiger partial charge < -0.3 is 0 Å². The number of aromatic nitrogens is 3. The lowest BCUT2D eigenvalue weighted by molar-refractivity contribution is 0.626. The third-order valence-electron chi connectivity index (χ3n) is 3.24. The number of imidazole rings is 1. The summed E-state index contributed by atoms with van der Waals surface area (Å²) in [5.74, 6) is 0.762. The first kappa shape index (κ1) is 14.3. The molecule has 108 valence electrons. The van der Waals surface area contributed by atoms with Crippen LogP contribution < -0.4 is 0 Å². The average molecular weight is 324 g/mol. The lowest BCUT2D eigenvalue weighted by Crippen LogP contribution is -2.03. The van der Waals surface area contributed by atoms with Gasteiger partial charge >= 0.3 is 0 Å². The van der Waals surface area contributed by atoms with Crippen LogP contribution in [0.4, 0.5) is 4.39 Å². The molecule has 0 saturated heterocycles. The third-order valence-corrected chi connectivity index (χ3v) is 3.65. The molecule has 0 bridgehead atoms. The van der Waals surface area contributed by atoms with E-state index >= 15 is 0 Å². The maximum Gasteiger partial charge on any atom is 0.164 e. The summed E-state index contributed by atoms with van der Waals surface area (Å²) in [6, 6.07) is 6.26. The normalized spacial score (nSPS) is 11.2. The van der Waals surface area contributed by atoms with Crippen LogP contribution in [0.2, 0.25) is 5.02 Å². The van der Waals surface area contributed by atoms with E-state index in [1.807, 2.05) is 13.0 Å². The van der Waals surface area contributed by atoms with E-state index in [1.54, 1.807) is 16.8 Å². The fourth-order valence-electron chi connectivity index (χ4n) is 2.33. The summed E-state index contributed by atoms with van der Waals surface area (Å²) >= 11 is 11.8. The number of halogens is 3. The Kier molecular flexibility index (Phi) is 3.83. The summed E-state index contributed by atoms with van der Waals surface area (Å²) in [5.41, 5.74) is 3.08. The highest BCUT2D eigenvalue weighted by Gasteiger charge is 2.15. The van der Waals surface area contributed by atoms with Crippen molar-refractivity contribution in [2.75, 3.05) is 5.88 Å². The minimum absolute atomic E-state index is 0.330. The Balaban J connectivity index is 2.33. The van der Waals surface area contributed by atoms with Gasteiger partial charge in [-0.15, -0.1) is 11.6 Å². The van der Waals surface area contributed by atoms with Crippen molar-refractivity contribution < 1.29 is 4.39 Å². The highest BCUT2D eigenvalue weighted by Crippen LogP contribution is 2.25. The predicted octanol–water partition coefficient (Wildman–Crippen LogP) is 4.30. The van der Waals surface area contributed by atoms with E-state index in [-0.39, 0.29) is 0 Å². The molecule has 2 aromatic heterocycles. The molecule has 21 heavy (non-hydrogen) atoms.